The van der Waals surface area contributed by atoms with Crippen LogP contribution in [0.2, 0.25) is 0 Å². The number of amides is 1. The molecule has 3 aliphatic heterocycles. The van der Waals surface area contributed by atoms with Gasteiger partial charge in [-0.3, -0.25) is 14.7 Å². The van der Waals surface area contributed by atoms with Gasteiger partial charge in [0.2, 0.25) is 5.91 Å². The van der Waals surface area contributed by atoms with Crippen LogP contribution in [0.1, 0.15) is 28.8 Å². The number of hydrogen-bond acceptors (Lipinski definition) is 6. The SMILES string of the molecule is COC[C@@]1(C(=O)N2CCc3ncc(C(F)(F)F)cc3C2)CCN(Cc2ccc3c(c2)OCN3C)C1. The first kappa shape index (κ1) is 23.9. The molecule has 1 amide bonds. The second kappa shape index (κ2) is 8.98. The minimum absolute atomic E-state index is 0.0659. The van der Waals surface area contributed by atoms with Crippen molar-refractivity contribution >= 4 is 11.6 Å². The van der Waals surface area contributed by atoms with Crippen molar-refractivity contribution in [2.24, 2.45) is 5.41 Å². The molecule has 0 bridgehead atoms. The number of hydrogen-bond donors (Lipinski definition) is 0. The summed E-state index contributed by atoms with van der Waals surface area (Å²) in [5.41, 5.74) is 1.75. The maximum absolute atomic E-state index is 13.7. The number of methoxy groups -OCH3 is 1. The van der Waals surface area contributed by atoms with E-state index < -0.39 is 17.2 Å². The van der Waals surface area contributed by atoms with E-state index in [1.165, 1.54) is 0 Å². The van der Waals surface area contributed by atoms with Gasteiger partial charge in [-0.15, -0.1) is 0 Å². The van der Waals surface area contributed by atoms with Crippen molar-refractivity contribution in [1.82, 2.24) is 14.8 Å². The normalized spacial score (nSPS) is 22.2. The molecule has 188 valence electrons. The summed E-state index contributed by atoms with van der Waals surface area (Å²) in [6, 6.07) is 7.30. The third kappa shape index (κ3) is 4.56. The third-order valence-corrected chi connectivity index (χ3v) is 7.22. The summed E-state index contributed by atoms with van der Waals surface area (Å²) in [7, 11) is 3.56. The lowest BCUT2D eigenvalue weighted by Gasteiger charge is -2.36. The molecular formula is C25H29F3N4O3. The number of halogens is 3. The summed E-state index contributed by atoms with van der Waals surface area (Å²) in [4.78, 5) is 23.7. The van der Waals surface area contributed by atoms with E-state index >= 15 is 0 Å². The standard InChI is InChI=1S/C25H29F3N4O3/c1-30-16-35-22-9-17(3-4-21(22)30)12-31-8-6-24(14-31,15-34-2)23(33)32-7-5-20-18(13-32)10-19(11-29-20)25(26,27)28/h3-4,9-11H,5-8,12-16H2,1-2H3/t24-/m1/s1. The number of ether oxygens (including phenoxy) is 2. The van der Waals surface area contributed by atoms with E-state index in [2.05, 4.69) is 22.0 Å². The smallest absolute Gasteiger partial charge is 0.417 e. The fourth-order valence-electron chi connectivity index (χ4n) is 5.40. The highest BCUT2D eigenvalue weighted by atomic mass is 19.4. The van der Waals surface area contributed by atoms with Gasteiger partial charge in [0.05, 0.1) is 23.3 Å². The fraction of sp³-hybridized carbons (Fsp3) is 0.520. The van der Waals surface area contributed by atoms with E-state index in [0.29, 0.717) is 50.5 Å². The van der Waals surface area contributed by atoms with Crippen LogP contribution in [-0.4, -0.2) is 67.8 Å². The number of fused-ring (bicyclic) bond motifs is 2. The molecule has 0 saturated carbocycles. The van der Waals surface area contributed by atoms with E-state index in [4.69, 9.17) is 9.47 Å². The molecule has 1 saturated heterocycles. The molecule has 1 aromatic heterocycles. The second-order valence-electron chi connectivity index (χ2n) is 9.75. The zero-order chi connectivity index (χ0) is 24.8. The van der Waals surface area contributed by atoms with Crippen LogP contribution in [0.4, 0.5) is 18.9 Å². The Labute approximate surface area is 202 Å². The highest BCUT2D eigenvalue weighted by Crippen LogP contribution is 2.38. The van der Waals surface area contributed by atoms with Gasteiger partial charge < -0.3 is 19.3 Å². The van der Waals surface area contributed by atoms with Crippen molar-refractivity contribution in [3.63, 3.8) is 0 Å². The molecule has 35 heavy (non-hydrogen) atoms. The van der Waals surface area contributed by atoms with E-state index in [1.807, 2.05) is 18.0 Å². The number of likely N-dealkylation sites (tertiary alicyclic amines) is 1. The molecular weight excluding hydrogens is 461 g/mol. The largest absolute Gasteiger partial charge is 0.471 e. The number of carbonyl (C=O) groups excluding carboxylic acids is 1. The molecule has 0 unspecified atom stereocenters. The van der Waals surface area contributed by atoms with Crippen LogP contribution in [0.3, 0.4) is 0 Å². The van der Waals surface area contributed by atoms with Gasteiger partial charge in [0, 0.05) is 58.6 Å². The minimum Gasteiger partial charge on any atom is -0.471 e. The molecule has 0 radical (unpaired) electrons. The van der Waals surface area contributed by atoms with E-state index in [9.17, 15) is 18.0 Å². The topological polar surface area (TPSA) is 58.1 Å². The Morgan fingerprint density at radius 2 is 2.09 bits per heavy atom. The maximum atomic E-state index is 13.7. The number of pyridine rings is 1. The van der Waals surface area contributed by atoms with E-state index in [1.54, 1.807) is 12.0 Å². The Morgan fingerprint density at radius 1 is 1.26 bits per heavy atom. The van der Waals surface area contributed by atoms with Crippen molar-refractivity contribution < 1.29 is 27.4 Å². The molecule has 2 aromatic rings. The van der Waals surface area contributed by atoms with E-state index in [-0.39, 0.29) is 19.1 Å². The number of rotatable bonds is 5. The van der Waals surface area contributed by atoms with Crippen molar-refractivity contribution in [2.75, 3.05) is 52.0 Å². The molecule has 7 nitrogen and oxygen atoms in total. The van der Waals surface area contributed by atoms with Gasteiger partial charge in [-0.2, -0.15) is 13.2 Å². The summed E-state index contributed by atoms with van der Waals surface area (Å²) in [5.74, 6) is 0.797. The Morgan fingerprint density at radius 3 is 2.86 bits per heavy atom. The van der Waals surface area contributed by atoms with Gasteiger partial charge in [-0.1, -0.05) is 6.07 Å². The quantitative estimate of drug-likeness (QED) is 0.641. The number of alkyl halides is 3. The number of anilines is 1. The number of carbonyl (C=O) groups is 1. The van der Waals surface area contributed by atoms with Crippen LogP contribution < -0.4 is 9.64 Å². The first-order chi connectivity index (χ1) is 16.7. The lowest BCUT2D eigenvalue weighted by atomic mass is 9.85. The minimum atomic E-state index is -4.46. The van der Waals surface area contributed by atoms with Gasteiger partial charge in [-0.05, 0) is 42.3 Å². The first-order valence-corrected chi connectivity index (χ1v) is 11.7. The van der Waals surface area contributed by atoms with Gasteiger partial charge in [0.25, 0.3) is 0 Å². The van der Waals surface area contributed by atoms with Crippen LogP contribution >= 0.6 is 0 Å². The van der Waals surface area contributed by atoms with Crippen molar-refractivity contribution in [3.05, 3.63) is 52.8 Å². The zero-order valence-corrected chi connectivity index (χ0v) is 19.9. The monoisotopic (exact) mass is 490 g/mol. The molecule has 0 N–H and O–H groups in total. The predicted octanol–water partition coefficient (Wildman–Crippen LogP) is 3.31. The van der Waals surface area contributed by atoms with Crippen molar-refractivity contribution in [3.8, 4) is 5.75 Å². The van der Waals surface area contributed by atoms with Gasteiger partial charge in [0.15, 0.2) is 6.73 Å². The first-order valence-electron chi connectivity index (χ1n) is 11.7. The molecule has 3 aliphatic rings. The molecule has 1 atom stereocenters. The summed E-state index contributed by atoms with van der Waals surface area (Å²) in [6.07, 6.45) is -2.52. The number of benzene rings is 1. The summed E-state index contributed by atoms with van der Waals surface area (Å²) in [5, 5.41) is 0. The zero-order valence-electron chi connectivity index (χ0n) is 19.9. The Kier molecular flexibility index (Phi) is 6.13. The maximum Gasteiger partial charge on any atom is 0.417 e. The summed E-state index contributed by atoms with van der Waals surface area (Å²) < 4.78 is 50.8. The van der Waals surface area contributed by atoms with Crippen molar-refractivity contribution in [1.29, 1.82) is 0 Å². The third-order valence-electron chi connectivity index (χ3n) is 7.22. The Hall–Kier alpha value is -2.85. The number of nitrogens with zero attached hydrogens (tertiary/aromatic N) is 4. The second-order valence-corrected chi connectivity index (χ2v) is 9.75. The average Bonchev–Trinajstić information content (AvgIpc) is 3.41. The van der Waals surface area contributed by atoms with Crippen LogP contribution in [0.15, 0.2) is 30.5 Å². The van der Waals surface area contributed by atoms with Crippen LogP contribution in [-0.2, 0) is 35.2 Å². The highest BCUT2D eigenvalue weighted by Gasteiger charge is 2.47. The highest BCUT2D eigenvalue weighted by molar-refractivity contribution is 5.84. The molecule has 0 aliphatic carbocycles. The number of aromatic nitrogens is 1. The molecule has 5 rings (SSSR count). The van der Waals surface area contributed by atoms with E-state index in [0.717, 1.165) is 35.8 Å². The molecule has 1 fully saturated rings. The Balaban J connectivity index is 1.30. The lowest BCUT2D eigenvalue weighted by Crippen LogP contribution is -2.49. The average molecular weight is 491 g/mol. The van der Waals surface area contributed by atoms with Crippen LogP contribution in [0, 0.1) is 5.41 Å². The Bertz CT molecular complexity index is 1130. The fourth-order valence-corrected chi connectivity index (χ4v) is 5.40. The van der Waals surface area contributed by atoms with Crippen LogP contribution in [0.5, 0.6) is 5.75 Å². The van der Waals surface area contributed by atoms with Crippen LogP contribution in [0.25, 0.3) is 0 Å². The van der Waals surface area contributed by atoms with Gasteiger partial charge in [-0.25, -0.2) is 0 Å². The molecule has 10 heteroatoms. The predicted molar refractivity (Wildman–Crippen MR) is 123 cm³/mol. The van der Waals surface area contributed by atoms with Gasteiger partial charge >= 0.3 is 6.18 Å². The molecule has 0 spiro atoms. The molecule has 4 heterocycles. The molecule has 1 aromatic carbocycles. The summed E-state index contributed by atoms with van der Waals surface area (Å²) in [6.45, 7) is 3.31. The van der Waals surface area contributed by atoms with Crippen molar-refractivity contribution in [2.45, 2.75) is 32.1 Å². The summed E-state index contributed by atoms with van der Waals surface area (Å²) >= 11 is 0. The van der Waals surface area contributed by atoms with Gasteiger partial charge in [0.1, 0.15) is 5.75 Å². The lowest BCUT2D eigenvalue weighted by molar-refractivity contribution is -0.145.